The molecule has 0 atom stereocenters. The lowest BCUT2D eigenvalue weighted by Crippen LogP contribution is -2.32. The smallest absolute Gasteiger partial charge is 0.329 e. The highest BCUT2D eigenvalue weighted by Gasteiger charge is 2.08. The SMILES string of the molecule is Cn1c(N)c(NCCCn2ccnn2)c(=O)[nH]c1=O. The Morgan fingerprint density at radius 2 is 2.26 bits per heavy atom. The summed E-state index contributed by atoms with van der Waals surface area (Å²) in [4.78, 5) is 25.1. The zero-order valence-electron chi connectivity index (χ0n) is 10.5. The second kappa shape index (κ2) is 5.38. The van der Waals surface area contributed by atoms with Gasteiger partial charge in [0.05, 0.1) is 6.20 Å². The molecular weight excluding hydrogens is 250 g/mol. The Labute approximate surface area is 108 Å². The van der Waals surface area contributed by atoms with Crippen molar-refractivity contribution in [2.45, 2.75) is 13.0 Å². The van der Waals surface area contributed by atoms with E-state index < -0.39 is 11.2 Å². The molecule has 2 aromatic heterocycles. The number of nitrogens with zero attached hydrogens (tertiary/aromatic N) is 4. The summed E-state index contributed by atoms with van der Waals surface area (Å²) in [6.07, 6.45) is 4.10. The van der Waals surface area contributed by atoms with Gasteiger partial charge in [0, 0.05) is 26.3 Å². The number of nitrogens with one attached hydrogen (secondary N) is 2. The van der Waals surface area contributed by atoms with Gasteiger partial charge < -0.3 is 11.1 Å². The summed E-state index contributed by atoms with van der Waals surface area (Å²) in [5.74, 6) is 0.120. The number of anilines is 2. The Kier molecular flexibility index (Phi) is 3.64. The van der Waals surface area contributed by atoms with E-state index in [9.17, 15) is 9.59 Å². The number of hydrogen-bond donors (Lipinski definition) is 3. The molecule has 4 N–H and O–H groups in total. The summed E-state index contributed by atoms with van der Waals surface area (Å²) >= 11 is 0. The van der Waals surface area contributed by atoms with Crippen molar-refractivity contribution in [1.29, 1.82) is 0 Å². The number of aryl methyl sites for hydroxylation is 1. The molecule has 102 valence electrons. The molecule has 0 fully saturated rings. The standard InChI is InChI=1S/C10H15N7O2/c1-16-8(11)7(9(18)14-10(16)19)12-3-2-5-17-6-4-13-15-17/h4,6,12H,2-3,5,11H2,1H3,(H,14,18,19). The maximum atomic E-state index is 11.6. The van der Waals surface area contributed by atoms with Gasteiger partial charge in [0.1, 0.15) is 11.5 Å². The maximum Gasteiger partial charge on any atom is 0.329 e. The largest absolute Gasteiger partial charge is 0.383 e. The van der Waals surface area contributed by atoms with E-state index in [0.717, 1.165) is 6.42 Å². The zero-order chi connectivity index (χ0) is 13.8. The molecule has 0 saturated heterocycles. The molecule has 0 spiro atoms. The Bertz CT molecular complexity index is 656. The van der Waals surface area contributed by atoms with Crippen molar-refractivity contribution >= 4 is 11.5 Å². The number of rotatable bonds is 5. The number of aromatic nitrogens is 5. The Balaban J connectivity index is 1.98. The fraction of sp³-hybridized carbons (Fsp3) is 0.400. The van der Waals surface area contributed by atoms with Crippen molar-refractivity contribution in [2.24, 2.45) is 7.05 Å². The van der Waals surface area contributed by atoms with E-state index in [1.54, 1.807) is 17.1 Å². The number of H-pyrrole nitrogens is 1. The molecule has 0 aliphatic carbocycles. The second-order valence-electron chi connectivity index (χ2n) is 4.02. The minimum Gasteiger partial charge on any atom is -0.383 e. The Morgan fingerprint density at radius 1 is 1.47 bits per heavy atom. The van der Waals surface area contributed by atoms with E-state index in [4.69, 9.17) is 5.73 Å². The summed E-state index contributed by atoms with van der Waals surface area (Å²) in [5.41, 5.74) is 4.88. The Hall–Kier alpha value is -2.58. The number of nitrogens with two attached hydrogens (primary N) is 1. The molecule has 0 bridgehead atoms. The van der Waals surface area contributed by atoms with Crippen LogP contribution in [0.15, 0.2) is 22.0 Å². The number of nitrogen functional groups attached to an aromatic ring is 1. The van der Waals surface area contributed by atoms with Gasteiger partial charge in [-0.1, -0.05) is 5.21 Å². The summed E-state index contributed by atoms with van der Waals surface area (Å²) in [6.45, 7) is 1.21. The maximum absolute atomic E-state index is 11.6. The summed E-state index contributed by atoms with van der Waals surface area (Å²) in [5, 5.41) is 10.4. The third-order valence-electron chi connectivity index (χ3n) is 2.71. The van der Waals surface area contributed by atoms with Gasteiger partial charge in [-0.05, 0) is 6.42 Å². The molecule has 0 saturated carbocycles. The lowest BCUT2D eigenvalue weighted by atomic mass is 10.4. The van der Waals surface area contributed by atoms with Crippen LogP contribution in [0.2, 0.25) is 0 Å². The molecule has 0 radical (unpaired) electrons. The fourth-order valence-corrected chi connectivity index (χ4v) is 1.61. The molecule has 9 nitrogen and oxygen atoms in total. The van der Waals surface area contributed by atoms with Gasteiger partial charge in [-0.15, -0.1) is 5.10 Å². The van der Waals surface area contributed by atoms with E-state index in [1.165, 1.54) is 11.6 Å². The van der Waals surface area contributed by atoms with Gasteiger partial charge in [0.15, 0.2) is 0 Å². The van der Waals surface area contributed by atoms with Crippen molar-refractivity contribution < 1.29 is 0 Å². The first-order chi connectivity index (χ1) is 9.09. The highest BCUT2D eigenvalue weighted by molar-refractivity contribution is 5.60. The molecule has 0 unspecified atom stereocenters. The lowest BCUT2D eigenvalue weighted by molar-refractivity contribution is 0.569. The van der Waals surface area contributed by atoms with Crippen molar-refractivity contribution in [2.75, 3.05) is 17.6 Å². The molecular formula is C10H15N7O2. The molecule has 2 aromatic rings. The number of hydrogen-bond acceptors (Lipinski definition) is 6. The van der Waals surface area contributed by atoms with E-state index in [0.29, 0.717) is 13.1 Å². The summed E-state index contributed by atoms with van der Waals surface area (Å²) in [6, 6.07) is 0. The van der Waals surface area contributed by atoms with Crippen molar-refractivity contribution in [3.05, 3.63) is 33.2 Å². The van der Waals surface area contributed by atoms with E-state index in [1.807, 2.05) is 0 Å². The number of aromatic amines is 1. The van der Waals surface area contributed by atoms with E-state index in [-0.39, 0.29) is 11.5 Å². The van der Waals surface area contributed by atoms with Crippen LogP contribution in [-0.4, -0.2) is 31.1 Å². The fourth-order valence-electron chi connectivity index (χ4n) is 1.61. The molecule has 2 heterocycles. The summed E-state index contributed by atoms with van der Waals surface area (Å²) < 4.78 is 2.87. The van der Waals surface area contributed by atoms with E-state index in [2.05, 4.69) is 20.6 Å². The van der Waals surface area contributed by atoms with E-state index >= 15 is 0 Å². The molecule has 0 amide bonds. The van der Waals surface area contributed by atoms with Crippen LogP contribution in [0.3, 0.4) is 0 Å². The zero-order valence-corrected chi connectivity index (χ0v) is 10.5. The van der Waals surface area contributed by atoms with Gasteiger partial charge in [0.2, 0.25) is 0 Å². The highest BCUT2D eigenvalue weighted by atomic mass is 16.2. The topological polar surface area (TPSA) is 124 Å². The predicted molar refractivity (Wildman–Crippen MR) is 69.8 cm³/mol. The second-order valence-corrected chi connectivity index (χ2v) is 4.02. The Morgan fingerprint density at radius 3 is 2.95 bits per heavy atom. The van der Waals surface area contributed by atoms with Crippen LogP contribution in [0.25, 0.3) is 0 Å². The van der Waals surface area contributed by atoms with Gasteiger partial charge >= 0.3 is 5.69 Å². The van der Waals surface area contributed by atoms with Crippen LogP contribution in [0.5, 0.6) is 0 Å². The van der Waals surface area contributed by atoms with Gasteiger partial charge in [0.25, 0.3) is 5.56 Å². The van der Waals surface area contributed by atoms with Crippen molar-refractivity contribution in [3.8, 4) is 0 Å². The molecule has 2 rings (SSSR count). The van der Waals surface area contributed by atoms with Gasteiger partial charge in [-0.25, -0.2) is 4.79 Å². The molecule has 0 aliphatic rings. The molecule has 9 heteroatoms. The molecule has 19 heavy (non-hydrogen) atoms. The van der Waals surface area contributed by atoms with Gasteiger partial charge in [-0.2, -0.15) is 0 Å². The molecule has 0 aromatic carbocycles. The third kappa shape index (κ3) is 2.81. The molecule has 0 aliphatic heterocycles. The van der Waals surface area contributed by atoms with Crippen LogP contribution in [0.1, 0.15) is 6.42 Å². The van der Waals surface area contributed by atoms with Crippen LogP contribution in [-0.2, 0) is 13.6 Å². The monoisotopic (exact) mass is 265 g/mol. The normalized spacial score (nSPS) is 10.6. The van der Waals surface area contributed by atoms with Crippen LogP contribution in [0.4, 0.5) is 11.5 Å². The average Bonchev–Trinajstić information content (AvgIpc) is 2.88. The highest BCUT2D eigenvalue weighted by Crippen LogP contribution is 2.07. The first-order valence-corrected chi connectivity index (χ1v) is 5.76. The predicted octanol–water partition coefficient (Wildman–Crippen LogP) is -1.25. The van der Waals surface area contributed by atoms with Gasteiger partial charge in [-0.3, -0.25) is 19.0 Å². The van der Waals surface area contributed by atoms with Crippen LogP contribution < -0.4 is 22.3 Å². The lowest BCUT2D eigenvalue weighted by Gasteiger charge is -2.10. The average molecular weight is 265 g/mol. The minimum absolute atomic E-state index is 0.120. The minimum atomic E-state index is -0.532. The van der Waals surface area contributed by atoms with Crippen molar-refractivity contribution in [1.82, 2.24) is 24.5 Å². The quantitative estimate of drug-likeness (QED) is 0.580. The first-order valence-electron chi connectivity index (χ1n) is 5.76. The summed E-state index contributed by atoms with van der Waals surface area (Å²) in [7, 11) is 1.49. The third-order valence-corrected chi connectivity index (χ3v) is 2.71. The first kappa shape index (κ1) is 12.9. The van der Waals surface area contributed by atoms with Crippen LogP contribution >= 0.6 is 0 Å². The van der Waals surface area contributed by atoms with Crippen molar-refractivity contribution in [3.63, 3.8) is 0 Å². The van der Waals surface area contributed by atoms with Crippen LogP contribution in [0, 0.1) is 0 Å².